The Labute approximate surface area is 341 Å². The molecule has 2 amide bonds. The number of nitrogen functional groups attached to an aromatic ring is 1. The van der Waals surface area contributed by atoms with Crippen LogP contribution in [0.15, 0.2) is 89.2 Å². The molecule has 15 nitrogen and oxygen atoms in total. The summed E-state index contributed by atoms with van der Waals surface area (Å²) in [6.07, 6.45) is 6.79. The number of aliphatic hydroxyl groups is 2. The predicted octanol–water partition coefficient (Wildman–Crippen LogP) is 3.70. The van der Waals surface area contributed by atoms with Crippen molar-refractivity contribution in [1.82, 2.24) is 38.5 Å². The van der Waals surface area contributed by atoms with Gasteiger partial charge in [0.05, 0.1) is 36.9 Å². The van der Waals surface area contributed by atoms with Gasteiger partial charge in [0.25, 0.3) is 11.1 Å². The molecule has 5 heterocycles. The third-order valence-electron chi connectivity index (χ3n) is 11.4. The summed E-state index contributed by atoms with van der Waals surface area (Å²) in [6.45, 7) is 6.16. The Morgan fingerprint density at radius 2 is 1.14 bits per heavy atom. The second-order valence-corrected chi connectivity index (χ2v) is 16.2. The van der Waals surface area contributed by atoms with E-state index in [1.807, 2.05) is 72.5 Å². The summed E-state index contributed by atoms with van der Waals surface area (Å²) in [5.41, 5.74) is 5.74. The van der Waals surface area contributed by atoms with Crippen molar-refractivity contribution in [1.29, 1.82) is 0 Å². The molecule has 7 rings (SSSR count). The molecule has 2 saturated heterocycles. The second-order valence-electron chi connectivity index (χ2n) is 15.8. The number of carbonyl (C=O) groups excluding carboxylic acids is 2. The first-order chi connectivity index (χ1) is 27.6. The molecule has 2 aliphatic rings. The van der Waals surface area contributed by atoms with Crippen molar-refractivity contribution in [2.75, 3.05) is 31.9 Å². The molecular weight excluding hydrogens is 762 g/mol. The summed E-state index contributed by atoms with van der Waals surface area (Å²) in [5, 5.41) is 21.9. The van der Waals surface area contributed by atoms with E-state index >= 15 is 0 Å². The number of aromatic nitrogens is 6. The lowest BCUT2D eigenvalue weighted by Gasteiger charge is -2.38. The molecule has 5 aromatic rings. The first-order valence-corrected chi connectivity index (χ1v) is 20.0. The molecule has 3 aromatic heterocycles. The number of halogens is 1. The van der Waals surface area contributed by atoms with Crippen molar-refractivity contribution in [3.8, 4) is 0 Å². The Morgan fingerprint density at radius 3 is 1.60 bits per heavy atom. The second kappa shape index (κ2) is 18.0. The Kier molecular flexibility index (Phi) is 13.1. The average molecular weight is 814 g/mol. The van der Waals surface area contributed by atoms with Gasteiger partial charge >= 0.3 is 0 Å². The number of nitrogens with zero attached hydrogens (tertiary/aromatic N) is 8. The number of benzene rings is 2. The maximum Gasteiger partial charge on any atom is 0.281 e. The quantitative estimate of drug-likeness (QED) is 0.175. The number of anilines is 1. The number of rotatable bonds is 10. The van der Waals surface area contributed by atoms with Crippen LogP contribution < -0.4 is 16.9 Å². The number of nitrogens with two attached hydrogens (primary N) is 1. The monoisotopic (exact) mass is 813 g/mol. The Bertz CT molecular complexity index is 2310. The number of imidazole rings is 1. The molecule has 0 spiro atoms. The van der Waals surface area contributed by atoms with Gasteiger partial charge in [-0.25, -0.2) is 15.0 Å². The lowest BCUT2D eigenvalue weighted by molar-refractivity contribution is -0.137. The lowest BCUT2D eigenvalue weighted by atomic mass is 9.90. The maximum atomic E-state index is 12.7. The standard InChI is InChI=1S/C22H27N5O3.C20H25ClN4O3/c1-16(17-6-4-3-5-7-17)12-18(28)26-10-8-22(30,9-11-26)13-27-15-24-20-19(21(27)29)23-14-25(20)2;1-14(15-5-3-2-4-6-15)11-16(26)24-9-7-20(28,8-10-24)12-25-13-23-18(21)17(22)19(25)27/h3-7,14-16,30H,8-13H2,1-2H3;2-6,13-14,28H,7-12,22H2,1H3/t16-;14-/m11/s1. The number of likely N-dealkylation sites (tertiary alicyclic amines) is 2. The van der Waals surface area contributed by atoms with Crippen LogP contribution in [0.3, 0.4) is 0 Å². The molecular formula is C42H52ClN9O6. The van der Waals surface area contributed by atoms with Crippen LogP contribution in [0.25, 0.3) is 11.2 Å². The highest BCUT2D eigenvalue weighted by atomic mass is 35.5. The zero-order valence-electron chi connectivity index (χ0n) is 33.2. The van der Waals surface area contributed by atoms with E-state index in [1.165, 1.54) is 21.8 Å². The summed E-state index contributed by atoms with van der Waals surface area (Å²) < 4.78 is 4.39. The molecule has 2 aromatic carbocycles. The minimum Gasteiger partial charge on any atom is -0.392 e. The van der Waals surface area contributed by atoms with Crippen LogP contribution in [0.4, 0.5) is 5.69 Å². The molecule has 4 N–H and O–H groups in total. The topological polar surface area (TPSA) is 195 Å². The third kappa shape index (κ3) is 10.0. The highest BCUT2D eigenvalue weighted by Crippen LogP contribution is 2.28. The van der Waals surface area contributed by atoms with Crippen molar-refractivity contribution < 1.29 is 19.8 Å². The molecule has 0 radical (unpaired) electrons. The highest BCUT2D eigenvalue weighted by molar-refractivity contribution is 6.31. The molecule has 0 saturated carbocycles. The van der Waals surface area contributed by atoms with Gasteiger partial charge < -0.3 is 30.3 Å². The maximum absolute atomic E-state index is 12.7. The van der Waals surface area contributed by atoms with Crippen molar-refractivity contribution in [3.63, 3.8) is 0 Å². The molecule has 0 aliphatic carbocycles. The van der Waals surface area contributed by atoms with Crippen molar-refractivity contribution in [3.05, 3.63) is 117 Å². The van der Waals surface area contributed by atoms with Crippen LogP contribution in [-0.4, -0.2) is 97.9 Å². The van der Waals surface area contributed by atoms with Crippen molar-refractivity contribution >= 4 is 40.3 Å². The third-order valence-corrected chi connectivity index (χ3v) is 11.7. The van der Waals surface area contributed by atoms with Crippen LogP contribution in [0.2, 0.25) is 5.15 Å². The van der Waals surface area contributed by atoms with Gasteiger partial charge in [-0.05, 0) is 48.6 Å². The molecule has 58 heavy (non-hydrogen) atoms. The molecule has 2 atom stereocenters. The molecule has 0 unspecified atom stereocenters. The van der Waals surface area contributed by atoms with Gasteiger partial charge in [0.1, 0.15) is 12.0 Å². The summed E-state index contributed by atoms with van der Waals surface area (Å²) in [6, 6.07) is 20.0. The van der Waals surface area contributed by atoms with E-state index in [0.717, 1.165) is 11.1 Å². The van der Waals surface area contributed by atoms with Crippen molar-refractivity contribution in [2.45, 2.75) is 88.5 Å². The fraction of sp³-hybridized carbons (Fsp3) is 0.452. The van der Waals surface area contributed by atoms with E-state index in [4.69, 9.17) is 17.3 Å². The zero-order chi connectivity index (χ0) is 41.6. The fourth-order valence-electron chi connectivity index (χ4n) is 7.63. The van der Waals surface area contributed by atoms with E-state index < -0.39 is 16.8 Å². The summed E-state index contributed by atoms with van der Waals surface area (Å²) in [5.74, 6) is 0.459. The summed E-state index contributed by atoms with van der Waals surface area (Å²) in [7, 11) is 1.78. The van der Waals surface area contributed by atoms with E-state index in [2.05, 4.69) is 21.9 Å². The van der Waals surface area contributed by atoms with Crippen LogP contribution >= 0.6 is 11.6 Å². The molecule has 0 bridgehead atoms. The Hall–Kier alpha value is -5.38. The smallest absolute Gasteiger partial charge is 0.281 e. The van der Waals surface area contributed by atoms with Gasteiger partial charge in [0.15, 0.2) is 16.3 Å². The minimum atomic E-state index is -1.09. The predicted molar refractivity (Wildman–Crippen MR) is 221 cm³/mol. The summed E-state index contributed by atoms with van der Waals surface area (Å²) in [4.78, 5) is 66.1. The molecule has 2 fully saturated rings. The average Bonchev–Trinajstić information content (AvgIpc) is 3.61. The number of piperidine rings is 2. The normalized spacial score (nSPS) is 17.3. The van der Waals surface area contributed by atoms with Gasteiger partial charge in [0, 0.05) is 46.1 Å². The van der Waals surface area contributed by atoms with Crippen LogP contribution in [-0.2, 0) is 29.7 Å². The molecule has 16 heteroatoms. The van der Waals surface area contributed by atoms with E-state index in [9.17, 15) is 29.4 Å². The van der Waals surface area contributed by atoms with E-state index in [1.54, 1.807) is 22.8 Å². The van der Waals surface area contributed by atoms with Crippen LogP contribution in [0, 0.1) is 0 Å². The Balaban J connectivity index is 0.000000196. The van der Waals surface area contributed by atoms with E-state index in [0.29, 0.717) is 75.9 Å². The zero-order valence-corrected chi connectivity index (χ0v) is 34.0. The van der Waals surface area contributed by atoms with Gasteiger partial charge in [0.2, 0.25) is 11.8 Å². The summed E-state index contributed by atoms with van der Waals surface area (Å²) >= 11 is 5.75. The minimum absolute atomic E-state index is 0.0406. The SMILES string of the molecule is C[C@H](CC(=O)N1CCC(O)(Cn2cnc(Cl)c(N)c2=O)CC1)c1ccccc1.C[C@H](CC(=O)N1CCC(O)(Cn2cnc3c(ncn3C)c2=O)CC1)c1ccccc1. The van der Waals surface area contributed by atoms with E-state index in [-0.39, 0.29) is 53.1 Å². The highest BCUT2D eigenvalue weighted by Gasteiger charge is 2.36. The number of fused-ring (bicyclic) bond motifs is 1. The number of aryl methyl sites for hydroxylation is 1. The van der Waals surface area contributed by atoms with Crippen molar-refractivity contribution in [2.24, 2.45) is 7.05 Å². The fourth-order valence-corrected chi connectivity index (χ4v) is 7.75. The molecule has 2 aliphatic heterocycles. The largest absolute Gasteiger partial charge is 0.392 e. The lowest BCUT2D eigenvalue weighted by Crippen LogP contribution is -2.49. The number of hydrogen-bond donors (Lipinski definition) is 3. The van der Waals surface area contributed by atoms with Gasteiger partial charge in [-0.1, -0.05) is 86.1 Å². The number of hydrogen-bond acceptors (Lipinski definition) is 10. The molecule has 308 valence electrons. The first kappa shape index (κ1) is 42.2. The van der Waals surface area contributed by atoms with Crippen LogP contribution in [0.1, 0.15) is 75.3 Å². The van der Waals surface area contributed by atoms with Gasteiger partial charge in [-0.2, -0.15) is 0 Å². The Morgan fingerprint density at radius 1 is 0.707 bits per heavy atom. The number of carbonyl (C=O) groups is 2. The van der Waals surface area contributed by atoms with Crippen LogP contribution in [0.5, 0.6) is 0 Å². The number of amides is 2. The first-order valence-electron chi connectivity index (χ1n) is 19.6. The van der Waals surface area contributed by atoms with Gasteiger partial charge in [-0.15, -0.1) is 0 Å². The van der Waals surface area contributed by atoms with Gasteiger partial charge in [-0.3, -0.25) is 28.3 Å².